The summed E-state index contributed by atoms with van der Waals surface area (Å²) in [6.07, 6.45) is 24.0. The lowest BCUT2D eigenvalue weighted by atomic mass is 10.1. The molecule has 0 fully saturated rings. The molecule has 0 aliphatic carbocycles. The monoisotopic (exact) mass is 848 g/mol. The Morgan fingerprint density at radius 2 is 0.964 bits per heavy atom. The molecule has 0 rings (SSSR count). The molecular weight excluding hydrogens is 762 g/mol. The van der Waals surface area contributed by atoms with Gasteiger partial charge in [0, 0.05) is 38.0 Å². The summed E-state index contributed by atoms with van der Waals surface area (Å²) in [6.45, 7) is 11.3. The van der Waals surface area contributed by atoms with Crippen LogP contribution in [0.4, 0.5) is 0 Å². The van der Waals surface area contributed by atoms with E-state index in [-0.39, 0.29) is 37.3 Å². The number of amides is 1. The van der Waals surface area contributed by atoms with Gasteiger partial charge in [-0.25, -0.2) is 0 Å². The highest BCUT2D eigenvalue weighted by atomic mass is 35.5. The van der Waals surface area contributed by atoms with Crippen molar-refractivity contribution in [1.29, 1.82) is 0 Å². The summed E-state index contributed by atoms with van der Waals surface area (Å²) in [5.41, 5.74) is 1.07. The third kappa shape index (κ3) is 40.1. The molecule has 0 aliphatic heterocycles. The largest absolute Gasteiger partial charge is 1.00 e. The van der Waals surface area contributed by atoms with E-state index in [1.165, 1.54) is 103 Å². The fraction of sp³-hybridized carbons (Fsp3) is 0.927. The van der Waals surface area contributed by atoms with Gasteiger partial charge in [-0.3, -0.25) is 9.36 Å². The average molecular weight is 849 g/mol. The van der Waals surface area contributed by atoms with Gasteiger partial charge >= 0.3 is 0 Å². The molecule has 0 aromatic carbocycles. The molecule has 11 nitrogen and oxygen atoms in total. The van der Waals surface area contributed by atoms with Crippen LogP contribution in [-0.4, -0.2) is 118 Å². The third-order valence-corrected chi connectivity index (χ3v) is 10.9. The van der Waals surface area contributed by atoms with Crippen LogP contribution in [-0.2, 0) is 18.4 Å². The van der Waals surface area contributed by atoms with E-state index in [9.17, 15) is 24.5 Å². The number of allylic oxidation sites excluding steroid dienone is 1. The first-order valence-electron chi connectivity index (χ1n) is 21.4. The Bertz CT molecular complexity index is 896. The highest BCUT2D eigenvalue weighted by molar-refractivity contribution is 7.45. The maximum absolute atomic E-state index is 12.4. The fourth-order valence-electron chi connectivity index (χ4n) is 6.75. The van der Waals surface area contributed by atoms with E-state index in [4.69, 9.17) is 9.05 Å². The standard InChI is InChI=1S/C41H85N4O7P.2ClH/c1-8-10-12-14-16-18-20-22-24-28-38(3)42-30-26-32-44(4,5)34-39(46)36-51-53(49,50)52-37-40(47)35-45(6,7)33-27-31-43-41(48)29-25-23-21-19-17-15-13-11-9-2;;/h39-40,42,46-47H,3,8-37H2,1-2,4-7H3;2*1H/p-1. The fourth-order valence-corrected chi connectivity index (χ4v) is 7.53. The molecule has 332 valence electrons. The number of carbonyl (C=O) groups excluding carboxylic acids is 1. The average Bonchev–Trinajstić information content (AvgIpc) is 3.08. The van der Waals surface area contributed by atoms with Gasteiger partial charge in [0.25, 0.3) is 7.82 Å². The molecule has 14 heteroatoms. The summed E-state index contributed by atoms with van der Waals surface area (Å²) in [6, 6.07) is 0. The molecule has 0 saturated carbocycles. The second kappa shape index (κ2) is 36.6. The van der Waals surface area contributed by atoms with Gasteiger partial charge in [-0.1, -0.05) is 123 Å². The second-order valence-electron chi connectivity index (χ2n) is 16.8. The summed E-state index contributed by atoms with van der Waals surface area (Å²) >= 11 is 0. The van der Waals surface area contributed by atoms with Crippen molar-refractivity contribution in [2.75, 3.05) is 80.7 Å². The van der Waals surface area contributed by atoms with Crippen molar-refractivity contribution in [3.8, 4) is 0 Å². The molecule has 0 bridgehead atoms. The van der Waals surface area contributed by atoms with Crippen molar-refractivity contribution < 1.29 is 67.3 Å². The molecule has 0 saturated heterocycles. The maximum atomic E-state index is 12.4. The van der Waals surface area contributed by atoms with Crippen LogP contribution in [0, 0.1) is 0 Å². The quantitative estimate of drug-likeness (QED) is 0.0412. The molecule has 0 aromatic rings. The lowest BCUT2D eigenvalue weighted by Crippen LogP contribution is -3.00. The highest BCUT2D eigenvalue weighted by Gasteiger charge is 2.25. The van der Waals surface area contributed by atoms with Crippen LogP contribution in [0.3, 0.4) is 0 Å². The Balaban J connectivity index is -0.0000135. The number of hydrogen-bond donors (Lipinski definition) is 4. The molecular formula is C41H86Cl2N4O7P-. The number of phosphoric ester groups is 1. The lowest BCUT2D eigenvalue weighted by molar-refractivity contribution is -0.893. The number of likely N-dealkylation sites (N-methyl/N-ethyl adjacent to an activating group) is 2. The number of phosphoric acid groups is 1. The van der Waals surface area contributed by atoms with Gasteiger partial charge in [-0.15, -0.1) is 0 Å². The summed E-state index contributed by atoms with van der Waals surface area (Å²) < 4.78 is 23.2. The van der Waals surface area contributed by atoms with Crippen LogP contribution in [0.15, 0.2) is 12.3 Å². The van der Waals surface area contributed by atoms with Gasteiger partial charge in [0.15, 0.2) is 0 Å². The van der Waals surface area contributed by atoms with E-state index < -0.39 is 33.2 Å². The molecule has 0 heterocycles. The van der Waals surface area contributed by atoms with Crippen molar-refractivity contribution >= 4 is 13.7 Å². The first-order chi connectivity index (χ1) is 25.1. The summed E-state index contributed by atoms with van der Waals surface area (Å²) in [7, 11) is 3.19. The molecule has 0 radical (unpaired) electrons. The number of unbranched alkanes of at least 4 members (excludes halogenated alkanes) is 16. The van der Waals surface area contributed by atoms with E-state index >= 15 is 0 Å². The summed E-state index contributed by atoms with van der Waals surface area (Å²) in [5, 5.41) is 27.4. The minimum Gasteiger partial charge on any atom is -1.00 e. The predicted octanol–water partition coefficient (Wildman–Crippen LogP) is 1.21. The Morgan fingerprint density at radius 3 is 1.36 bits per heavy atom. The van der Waals surface area contributed by atoms with Crippen LogP contribution >= 0.6 is 7.82 Å². The smallest absolute Gasteiger partial charge is 0.268 e. The normalized spacial score (nSPS) is 14.0. The van der Waals surface area contributed by atoms with Crippen molar-refractivity contribution in [2.45, 2.75) is 167 Å². The van der Waals surface area contributed by atoms with Gasteiger partial charge in [0.1, 0.15) is 25.3 Å². The summed E-state index contributed by atoms with van der Waals surface area (Å²) in [5.74, 6) is 0.0828. The van der Waals surface area contributed by atoms with Gasteiger partial charge in [0.05, 0.1) is 54.5 Å². The zero-order chi connectivity index (χ0) is 39.9. The number of nitrogens with one attached hydrogen (secondary N) is 2. The first kappa shape index (κ1) is 58.9. The molecule has 3 atom stereocenters. The maximum Gasteiger partial charge on any atom is 0.268 e. The van der Waals surface area contributed by atoms with E-state index in [1.807, 2.05) is 28.2 Å². The highest BCUT2D eigenvalue weighted by Crippen LogP contribution is 2.38. The van der Waals surface area contributed by atoms with Gasteiger partial charge in [-0.05, 0) is 19.3 Å². The molecule has 4 N–H and O–H groups in total. The first-order valence-corrected chi connectivity index (χ1v) is 22.9. The minimum absolute atomic E-state index is 0. The van der Waals surface area contributed by atoms with Crippen molar-refractivity contribution in [3.63, 3.8) is 0 Å². The Hall–Kier alpha value is -0.460. The van der Waals surface area contributed by atoms with Crippen LogP contribution in [0.25, 0.3) is 0 Å². The zero-order valence-electron chi connectivity index (χ0n) is 36.1. The van der Waals surface area contributed by atoms with Crippen LogP contribution < -0.4 is 40.3 Å². The minimum atomic E-state index is -4.70. The van der Waals surface area contributed by atoms with E-state index in [2.05, 4.69) is 31.1 Å². The molecule has 0 aromatic heterocycles. The number of aliphatic hydroxyl groups excluding tert-OH is 2. The van der Waals surface area contributed by atoms with E-state index in [1.54, 1.807) is 0 Å². The van der Waals surface area contributed by atoms with Crippen molar-refractivity contribution in [1.82, 2.24) is 10.6 Å². The van der Waals surface area contributed by atoms with E-state index in [0.29, 0.717) is 35.0 Å². The molecule has 3 unspecified atom stereocenters. The van der Waals surface area contributed by atoms with E-state index in [0.717, 1.165) is 50.9 Å². The molecule has 0 aliphatic rings. The SMILES string of the molecule is C=C(CCCCCCCCCCC)NCCC[N+](C)(C)CC(O)COP(=O)([O-])OCC(O)C[N+](C)(C)CCCNC(=O)CCCCCCCCCCC.[Cl-].[Cl-]. The van der Waals surface area contributed by atoms with Gasteiger partial charge < -0.3 is 68.6 Å². The number of hydrogen-bond acceptors (Lipinski definition) is 8. The Labute approximate surface area is 350 Å². The number of halogens is 2. The summed E-state index contributed by atoms with van der Waals surface area (Å²) in [4.78, 5) is 24.5. The second-order valence-corrected chi connectivity index (χ2v) is 18.2. The van der Waals surface area contributed by atoms with Crippen LogP contribution in [0.5, 0.6) is 0 Å². The van der Waals surface area contributed by atoms with Crippen molar-refractivity contribution in [2.24, 2.45) is 0 Å². The van der Waals surface area contributed by atoms with Crippen LogP contribution in [0.1, 0.15) is 155 Å². The number of rotatable bonds is 39. The predicted molar refractivity (Wildman–Crippen MR) is 218 cm³/mol. The lowest BCUT2D eigenvalue weighted by Gasteiger charge is -2.33. The number of nitrogens with zero attached hydrogens (tertiary/aromatic N) is 2. The zero-order valence-corrected chi connectivity index (χ0v) is 38.5. The van der Waals surface area contributed by atoms with Crippen molar-refractivity contribution in [3.05, 3.63) is 12.3 Å². The number of aliphatic hydroxyl groups is 2. The van der Waals surface area contributed by atoms with Gasteiger partial charge in [0.2, 0.25) is 5.91 Å². The topological polar surface area (TPSA) is 140 Å². The Kier molecular flexibility index (Phi) is 39.2. The third-order valence-electron chi connectivity index (χ3n) is 9.93. The number of quaternary nitrogens is 2. The number of carbonyl (C=O) groups is 1. The molecule has 0 spiro atoms. The van der Waals surface area contributed by atoms with Crippen LogP contribution in [0.2, 0.25) is 0 Å². The molecule has 55 heavy (non-hydrogen) atoms. The Morgan fingerprint density at radius 1 is 0.618 bits per heavy atom. The molecule has 1 amide bonds. The van der Waals surface area contributed by atoms with Gasteiger partial charge in [-0.2, -0.15) is 0 Å².